The summed E-state index contributed by atoms with van der Waals surface area (Å²) in [7, 11) is 1.29. The molecule has 1 fully saturated rings. The van der Waals surface area contributed by atoms with Crippen LogP contribution in [-0.4, -0.2) is 48.9 Å². The summed E-state index contributed by atoms with van der Waals surface area (Å²) in [5.74, 6) is -0.834. The second kappa shape index (κ2) is 8.20. The first-order valence-electron chi connectivity index (χ1n) is 9.16. The molecule has 6 nitrogen and oxygen atoms in total. The van der Waals surface area contributed by atoms with E-state index in [1.165, 1.54) is 7.11 Å². The van der Waals surface area contributed by atoms with Crippen LogP contribution in [0, 0.1) is 5.92 Å². The molecule has 1 saturated heterocycles. The second-order valence-electron chi connectivity index (χ2n) is 6.85. The summed E-state index contributed by atoms with van der Waals surface area (Å²) < 4.78 is 4.63. The molecule has 1 aliphatic rings. The molecule has 0 radical (unpaired) electrons. The average molecular weight is 368 g/mol. The Balaban J connectivity index is 1.62. The van der Waals surface area contributed by atoms with Crippen LogP contribution in [0.1, 0.15) is 30.1 Å². The molecule has 1 N–H and O–H groups in total. The van der Waals surface area contributed by atoms with Crippen molar-refractivity contribution in [3.63, 3.8) is 0 Å². The number of fused-ring (bicyclic) bond motifs is 1. The van der Waals surface area contributed by atoms with Crippen LogP contribution in [0.15, 0.2) is 42.5 Å². The summed E-state index contributed by atoms with van der Waals surface area (Å²) >= 11 is 0. The van der Waals surface area contributed by atoms with Crippen LogP contribution in [0.3, 0.4) is 0 Å². The maximum Gasteiger partial charge on any atom is 0.328 e. The molecular weight excluding hydrogens is 344 g/mol. The maximum absolute atomic E-state index is 13.0. The third kappa shape index (κ3) is 4.10. The van der Waals surface area contributed by atoms with Gasteiger partial charge in [0.05, 0.1) is 7.11 Å². The van der Waals surface area contributed by atoms with Crippen LogP contribution in [-0.2, 0) is 14.3 Å². The highest BCUT2D eigenvalue weighted by Gasteiger charge is 2.29. The number of hydrogen-bond acceptors (Lipinski definition) is 4. The van der Waals surface area contributed by atoms with E-state index in [0.29, 0.717) is 31.5 Å². The molecule has 0 aliphatic carbocycles. The number of amides is 2. The SMILES string of the molecule is COC(=O)C(C)NC(=O)C1CCN(C(=O)c2cccc3ccccc23)CC1. The molecule has 27 heavy (non-hydrogen) atoms. The van der Waals surface area contributed by atoms with Gasteiger partial charge in [-0.3, -0.25) is 9.59 Å². The van der Waals surface area contributed by atoms with Crippen molar-refractivity contribution in [2.24, 2.45) is 5.92 Å². The van der Waals surface area contributed by atoms with E-state index in [9.17, 15) is 14.4 Å². The Morgan fingerprint density at radius 3 is 2.44 bits per heavy atom. The fraction of sp³-hybridized carbons (Fsp3) is 0.381. The number of nitrogens with zero attached hydrogens (tertiary/aromatic N) is 1. The van der Waals surface area contributed by atoms with Gasteiger partial charge >= 0.3 is 5.97 Å². The van der Waals surface area contributed by atoms with E-state index in [1.54, 1.807) is 11.8 Å². The molecule has 0 spiro atoms. The summed E-state index contributed by atoms with van der Waals surface area (Å²) in [5.41, 5.74) is 0.690. The molecule has 0 bridgehead atoms. The molecule has 0 saturated carbocycles. The Bertz CT molecular complexity index is 851. The average Bonchev–Trinajstić information content (AvgIpc) is 2.72. The third-order valence-corrected chi connectivity index (χ3v) is 5.09. The van der Waals surface area contributed by atoms with Crippen molar-refractivity contribution in [1.29, 1.82) is 0 Å². The highest BCUT2D eigenvalue weighted by atomic mass is 16.5. The number of hydrogen-bond donors (Lipinski definition) is 1. The van der Waals surface area contributed by atoms with Crippen molar-refractivity contribution in [1.82, 2.24) is 10.2 Å². The van der Waals surface area contributed by atoms with Crippen LogP contribution >= 0.6 is 0 Å². The van der Waals surface area contributed by atoms with Gasteiger partial charge in [0, 0.05) is 24.6 Å². The number of carbonyl (C=O) groups excluding carboxylic acids is 3. The van der Waals surface area contributed by atoms with Gasteiger partial charge in [-0.05, 0) is 36.6 Å². The van der Waals surface area contributed by atoms with E-state index in [0.717, 1.165) is 10.8 Å². The zero-order valence-corrected chi connectivity index (χ0v) is 15.6. The van der Waals surface area contributed by atoms with Gasteiger partial charge in [0.2, 0.25) is 5.91 Å². The largest absolute Gasteiger partial charge is 0.467 e. The lowest BCUT2D eigenvalue weighted by Gasteiger charge is -2.32. The van der Waals surface area contributed by atoms with Gasteiger partial charge in [0.25, 0.3) is 5.91 Å². The number of carbonyl (C=O) groups is 3. The smallest absolute Gasteiger partial charge is 0.328 e. The third-order valence-electron chi connectivity index (χ3n) is 5.09. The van der Waals surface area contributed by atoms with Gasteiger partial charge < -0.3 is 15.0 Å². The molecule has 6 heteroatoms. The number of nitrogens with one attached hydrogen (secondary N) is 1. The zero-order valence-electron chi connectivity index (χ0n) is 15.6. The summed E-state index contributed by atoms with van der Waals surface area (Å²) in [5, 5.41) is 4.66. The first-order chi connectivity index (χ1) is 13.0. The van der Waals surface area contributed by atoms with Crippen LogP contribution in [0.5, 0.6) is 0 Å². The minimum atomic E-state index is -0.669. The van der Waals surface area contributed by atoms with Crippen LogP contribution < -0.4 is 5.32 Å². The summed E-state index contributed by atoms with van der Waals surface area (Å²) in [6.07, 6.45) is 1.16. The number of esters is 1. The van der Waals surface area contributed by atoms with Crippen LogP contribution in [0.4, 0.5) is 0 Å². The Labute approximate surface area is 158 Å². The minimum absolute atomic E-state index is 0.00594. The van der Waals surface area contributed by atoms with Gasteiger partial charge in [-0.2, -0.15) is 0 Å². The van der Waals surface area contributed by atoms with E-state index in [4.69, 9.17) is 0 Å². The van der Waals surface area contributed by atoms with E-state index < -0.39 is 12.0 Å². The molecule has 2 aromatic rings. The number of rotatable bonds is 4. The number of benzene rings is 2. The predicted octanol–water partition coefficient (Wildman–Crippen LogP) is 2.37. The number of likely N-dealkylation sites (tertiary alicyclic amines) is 1. The van der Waals surface area contributed by atoms with Crippen molar-refractivity contribution in [3.05, 3.63) is 48.0 Å². The molecule has 142 valence electrons. The van der Waals surface area contributed by atoms with Gasteiger partial charge in [-0.25, -0.2) is 4.79 Å². The van der Waals surface area contributed by atoms with E-state index >= 15 is 0 Å². The van der Waals surface area contributed by atoms with Crippen molar-refractivity contribution in [2.45, 2.75) is 25.8 Å². The molecule has 1 atom stereocenters. The lowest BCUT2D eigenvalue weighted by atomic mass is 9.94. The van der Waals surface area contributed by atoms with Crippen LogP contribution in [0.2, 0.25) is 0 Å². The van der Waals surface area contributed by atoms with E-state index in [2.05, 4.69) is 10.1 Å². The molecule has 1 unspecified atom stereocenters. The van der Waals surface area contributed by atoms with Crippen LogP contribution in [0.25, 0.3) is 10.8 Å². The summed E-state index contributed by atoms with van der Waals surface area (Å²) in [6, 6.07) is 12.9. The lowest BCUT2D eigenvalue weighted by molar-refractivity contribution is -0.145. The fourth-order valence-electron chi connectivity index (χ4n) is 3.49. The Morgan fingerprint density at radius 2 is 1.74 bits per heavy atom. The standard InChI is InChI=1S/C21H24N2O4/c1-14(21(26)27-2)22-19(24)16-10-12-23(13-11-16)20(25)18-9-5-7-15-6-3-4-8-17(15)18/h3-9,14,16H,10-13H2,1-2H3,(H,22,24). The van der Waals surface area contributed by atoms with Crippen molar-refractivity contribution >= 4 is 28.6 Å². The fourth-order valence-corrected chi connectivity index (χ4v) is 3.49. The van der Waals surface area contributed by atoms with Gasteiger partial charge in [-0.1, -0.05) is 36.4 Å². The minimum Gasteiger partial charge on any atom is -0.467 e. The highest BCUT2D eigenvalue weighted by molar-refractivity contribution is 6.07. The first kappa shape index (κ1) is 18.9. The number of ether oxygens (including phenoxy) is 1. The Kier molecular flexibility index (Phi) is 5.74. The summed E-state index contributed by atoms with van der Waals surface area (Å²) in [6.45, 7) is 2.64. The first-order valence-corrected chi connectivity index (χ1v) is 9.16. The molecule has 1 heterocycles. The van der Waals surface area contributed by atoms with Crippen molar-refractivity contribution < 1.29 is 19.1 Å². The van der Waals surface area contributed by atoms with E-state index in [1.807, 2.05) is 42.5 Å². The monoisotopic (exact) mass is 368 g/mol. The quantitative estimate of drug-likeness (QED) is 0.841. The second-order valence-corrected chi connectivity index (χ2v) is 6.85. The topological polar surface area (TPSA) is 75.7 Å². The number of methoxy groups -OCH3 is 1. The number of piperidine rings is 1. The molecule has 2 amide bonds. The molecule has 2 aromatic carbocycles. The zero-order chi connectivity index (χ0) is 19.4. The van der Waals surface area contributed by atoms with Crippen molar-refractivity contribution in [2.75, 3.05) is 20.2 Å². The Morgan fingerprint density at radius 1 is 1.07 bits per heavy atom. The van der Waals surface area contributed by atoms with Gasteiger partial charge in [0.1, 0.15) is 6.04 Å². The summed E-state index contributed by atoms with van der Waals surface area (Å²) in [4.78, 5) is 38.5. The van der Waals surface area contributed by atoms with Gasteiger partial charge in [0.15, 0.2) is 0 Å². The normalized spacial score (nSPS) is 16.0. The van der Waals surface area contributed by atoms with Crippen molar-refractivity contribution in [3.8, 4) is 0 Å². The Hall–Kier alpha value is -2.89. The maximum atomic E-state index is 13.0. The molecule has 1 aliphatic heterocycles. The molecule has 0 aromatic heterocycles. The van der Waals surface area contributed by atoms with Gasteiger partial charge in [-0.15, -0.1) is 0 Å². The molecular formula is C21H24N2O4. The highest BCUT2D eigenvalue weighted by Crippen LogP contribution is 2.23. The van der Waals surface area contributed by atoms with E-state index in [-0.39, 0.29) is 17.7 Å². The molecule has 3 rings (SSSR count). The predicted molar refractivity (Wildman–Crippen MR) is 102 cm³/mol. The lowest BCUT2D eigenvalue weighted by Crippen LogP contribution is -2.46.